The van der Waals surface area contributed by atoms with Gasteiger partial charge in [-0.2, -0.15) is 13.2 Å². The Morgan fingerprint density at radius 2 is 1.94 bits per heavy atom. The van der Waals surface area contributed by atoms with Crippen LogP contribution < -0.4 is 22.7 Å². The molecule has 2 aromatic rings. The van der Waals surface area contributed by atoms with Gasteiger partial charge in [0.1, 0.15) is 11.9 Å². The summed E-state index contributed by atoms with van der Waals surface area (Å²) in [6.07, 6.45) is 2.07. The molecule has 0 saturated heterocycles. The maximum Gasteiger partial charge on any atom is 0.449 e. The van der Waals surface area contributed by atoms with Crippen LogP contribution in [-0.4, -0.2) is 34.4 Å². The molecule has 0 atom stereocenters. The number of nitrogens with one attached hydrogen (secondary N) is 1. The van der Waals surface area contributed by atoms with Gasteiger partial charge in [0.15, 0.2) is 0 Å². The largest absolute Gasteiger partial charge is 1.00 e. The topological polar surface area (TPSA) is 88.7 Å². The number of alkyl halides is 3. The van der Waals surface area contributed by atoms with Gasteiger partial charge in [0, 0.05) is 18.2 Å². The minimum absolute atomic E-state index is 0. The van der Waals surface area contributed by atoms with Crippen molar-refractivity contribution in [3.8, 4) is 10.4 Å². The van der Waals surface area contributed by atoms with Crippen LogP contribution in [0, 0.1) is 12.8 Å². The van der Waals surface area contributed by atoms with Gasteiger partial charge in [0.05, 0.1) is 15.8 Å². The first-order valence-corrected chi connectivity index (χ1v) is 11.0. The molecule has 2 aliphatic rings. The molecule has 1 saturated carbocycles. The number of carboxylic acids is 1. The first-order valence-electron chi connectivity index (χ1n) is 10.2. The van der Waals surface area contributed by atoms with Crippen molar-refractivity contribution in [2.75, 3.05) is 5.32 Å². The summed E-state index contributed by atoms with van der Waals surface area (Å²) in [5.41, 5.74) is 1.39. The summed E-state index contributed by atoms with van der Waals surface area (Å²) in [6, 6.07) is 5.62. The Hall–Kier alpha value is -2.72. The van der Waals surface area contributed by atoms with E-state index in [9.17, 15) is 23.1 Å². The number of carbonyl (C=O) groups is 1. The maximum absolute atomic E-state index is 12.9. The Morgan fingerprint density at radius 1 is 1.21 bits per heavy atom. The number of guanidine groups is 1. The van der Waals surface area contributed by atoms with Crippen LogP contribution >= 0.6 is 11.3 Å². The fourth-order valence-corrected chi connectivity index (χ4v) is 4.97. The number of halogens is 4. The number of thiazole rings is 1. The molecule has 11 heteroatoms. The number of aliphatic carboxylic acids is 1. The molecule has 33 heavy (non-hydrogen) atoms. The van der Waals surface area contributed by atoms with Gasteiger partial charge >= 0.3 is 18.1 Å². The summed E-state index contributed by atoms with van der Waals surface area (Å²) < 4.78 is 38.8. The van der Waals surface area contributed by atoms with E-state index in [2.05, 4.69) is 20.3 Å². The molecule has 1 fully saturated rings. The monoisotopic (exact) mass is 497 g/mol. The lowest BCUT2D eigenvalue weighted by Gasteiger charge is -2.24. The summed E-state index contributed by atoms with van der Waals surface area (Å²) >= 11 is 1.57. The summed E-state index contributed by atoms with van der Waals surface area (Å²) in [5, 5.41) is 13.0. The third kappa shape index (κ3) is 6.00. The van der Waals surface area contributed by atoms with Crippen molar-refractivity contribution in [1.29, 1.82) is 0 Å². The average molecular weight is 498 g/mol. The highest BCUT2D eigenvalue weighted by Crippen LogP contribution is 2.40. The van der Waals surface area contributed by atoms with E-state index in [4.69, 9.17) is 0 Å². The lowest BCUT2D eigenvalue weighted by atomic mass is 9.82. The second-order valence-corrected chi connectivity index (χ2v) is 8.99. The number of allylic oxidation sites excluding steroid dienone is 2. The van der Waals surface area contributed by atoms with Crippen molar-refractivity contribution in [2.45, 2.75) is 44.7 Å². The van der Waals surface area contributed by atoms with Gasteiger partial charge in [-0.05, 0) is 55.9 Å². The van der Waals surface area contributed by atoms with E-state index < -0.39 is 17.8 Å². The summed E-state index contributed by atoms with van der Waals surface area (Å²) in [5.74, 6) is -0.871. The summed E-state index contributed by atoms with van der Waals surface area (Å²) in [6.45, 7) is 1.90. The molecule has 175 valence electrons. The zero-order valence-corrected chi connectivity index (χ0v) is 19.1. The molecule has 1 aliphatic heterocycles. The molecule has 0 amide bonds. The van der Waals surface area contributed by atoms with Crippen LogP contribution in [0.3, 0.4) is 0 Å². The van der Waals surface area contributed by atoms with Crippen LogP contribution in [0.15, 0.2) is 41.2 Å². The molecule has 2 heterocycles. The number of carboxylic acid groups (broad SMARTS) is 1. The van der Waals surface area contributed by atoms with Crippen LogP contribution in [0.4, 0.5) is 18.9 Å². The van der Waals surface area contributed by atoms with Crippen molar-refractivity contribution in [3.05, 3.63) is 46.7 Å². The van der Waals surface area contributed by atoms with Gasteiger partial charge in [-0.1, -0.05) is 16.1 Å². The number of hydrogen-bond acceptors (Lipinski definition) is 6. The Balaban J connectivity index is 0.00000306. The normalized spacial score (nSPS) is 20.5. The molecule has 1 aromatic heterocycles. The molecule has 1 aliphatic carbocycles. The predicted molar refractivity (Wildman–Crippen MR) is 118 cm³/mol. The standard InChI is InChI=1S/C22H21F3N4O2S.ClH/c1-12-8-15(10-16(9-12)28-21-26-7-6-18(29-21)22(23,24)25)17-11-27-19(32-17)13-2-4-14(5-3-13)20(30)31;/h6-11,13-14H,2-5H2,1H3,(H,28,29)(H,30,31);1H/q+1;/p-1. The van der Waals surface area contributed by atoms with Crippen molar-refractivity contribution in [3.63, 3.8) is 0 Å². The molecule has 0 spiro atoms. The number of nitrogens with zero attached hydrogens (tertiary/aromatic N) is 3. The highest BCUT2D eigenvalue weighted by Gasteiger charge is 2.39. The zero-order chi connectivity index (χ0) is 22.9. The van der Waals surface area contributed by atoms with E-state index in [1.807, 2.05) is 25.1 Å². The van der Waals surface area contributed by atoms with Gasteiger partial charge in [0.25, 0.3) is 0 Å². The van der Waals surface area contributed by atoms with E-state index >= 15 is 0 Å². The number of hydrogen-bond donors (Lipinski definition) is 2. The molecule has 0 bridgehead atoms. The van der Waals surface area contributed by atoms with E-state index in [1.165, 1.54) is 0 Å². The van der Waals surface area contributed by atoms with E-state index in [1.54, 1.807) is 17.5 Å². The maximum atomic E-state index is 12.9. The summed E-state index contributed by atoms with van der Waals surface area (Å²) in [7, 11) is 0. The molecule has 2 N–H and O–H groups in total. The summed E-state index contributed by atoms with van der Waals surface area (Å²) in [4.78, 5) is 24.1. The van der Waals surface area contributed by atoms with Crippen LogP contribution in [0.1, 0.15) is 42.2 Å². The third-order valence-corrected chi connectivity index (χ3v) is 6.72. The Kier molecular flexibility index (Phi) is 7.58. The van der Waals surface area contributed by atoms with Crippen LogP contribution in [0.2, 0.25) is 0 Å². The third-order valence-electron chi connectivity index (χ3n) is 5.51. The van der Waals surface area contributed by atoms with E-state index in [0.29, 0.717) is 18.5 Å². The van der Waals surface area contributed by atoms with Gasteiger partial charge < -0.3 is 17.5 Å². The van der Waals surface area contributed by atoms with Crippen LogP contribution in [-0.2, 0) is 4.79 Å². The Morgan fingerprint density at radius 3 is 2.61 bits per heavy atom. The number of rotatable bonds is 4. The van der Waals surface area contributed by atoms with Gasteiger partial charge in [-0.3, -0.25) is 4.79 Å². The number of aromatic nitrogens is 1. The molecule has 0 unspecified atom stereocenters. The first kappa shape index (κ1) is 24.9. The van der Waals surface area contributed by atoms with Crippen molar-refractivity contribution in [2.24, 2.45) is 10.9 Å². The predicted octanol–water partition coefficient (Wildman–Crippen LogP) is 2.12. The average Bonchev–Trinajstić information content (AvgIpc) is 3.23. The molecule has 4 rings (SSSR count). The van der Waals surface area contributed by atoms with Gasteiger partial charge in [-0.25, -0.2) is 10.3 Å². The Bertz CT molecular complexity index is 1120. The highest BCUT2D eigenvalue weighted by molar-refractivity contribution is 7.15. The second-order valence-electron chi connectivity index (χ2n) is 7.93. The van der Waals surface area contributed by atoms with Gasteiger partial charge in [0.2, 0.25) is 5.70 Å². The minimum Gasteiger partial charge on any atom is -1.00 e. The fourth-order valence-electron chi connectivity index (χ4n) is 3.90. The minimum atomic E-state index is -4.54. The van der Waals surface area contributed by atoms with Crippen molar-refractivity contribution < 1.29 is 35.5 Å². The Labute approximate surface area is 198 Å². The molecule has 6 nitrogen and oxygen atoms in total. The zero-order valence-electron chi connectivity index (χ0n) is 17.6. The number of aryl methyl sites for hydroxylation is 1. The lowest BCUT2D eigenvalue weighted by Crippen LogP contribution is -3.00. The smallest absolute Gasteiger partial charge is 0.449 e. The van der Waals surface area contributed by atoms with Crippen LogP contribution in [0.5, 0.6) is 0 Å². The fraction of sp³-hybridized carbons (Fsp3) is 0.364. The molecular weight excluding hydrogens is 477 g/mol. The van der Waals surface area contributed by atoms with E-state index in [0.717, 1.165) is 46.1 Å². The quantitative estimate of drug-likeness (QED) is 0.677. The number of benzene rings is 1. The lowest BCUT2D eigenvalue weighted by molar-refractivity contribution is -0.142. The molecule has 1 aromatic carbocycles. The highest BCUT2D eigenvalue weighted by atomic mass is 35.5. The van der Waals surface area contributed by atoms with Crippen LogP contribution in [0.25, 0.3) is 10.4 Å². The number of aliphatic imine (C=N–C) groups is 2. The van der Waals surface area contributed by atoms with Crippen molar-refractivity contribution >= 4 is 35.2 Å². The van der Waals surface area contributed by atoms with Crippen molar-refractivity contribution in [1.82, 2.24) is 9.98 Å². The molecule has 1 radical (unpaired) electrons. The first-order chi connectivity index (χ1) is 15.2. The number of anilines is 1. The van der Waals surface area contributed by atoms with Gasteiger partial charge in [-0.15, -0.1) is 11.3 Å². The molecular formula is C22H21ClF3N4O2S. The second kappa shape index (κ2) is 10.0. The van der Waals surface area contributed by atoms with E-state index in [-0.39, 0.29) is 30.2 Å². The SMILES string of the molecule is Cc1cc(NC2=NC(C(F)(F)F)=CC=[N+]2)cc(-c2cnc(C3CCC(C(=O)O)CC3)s2)c1.[Cl-].